The fourth-order valence-electron chi connectivity index (χ4n) is 8.99. The Labute approximate surface area is 397 Å². The van der Waals surface area contributed by atoms with Crippen molar-refractivity contribution in [1.82, 2.24) is 45.6 Å². The zero-order valence-electron chi connectivity index (χ0n) is 38.6. The number of carbonyl (C=O) groups is 4. The highest BCUT2D eigenvalue weighted by atomic mass is 32.1. The third kappa shape index (κ3) is 10.8. The zero-order chi connectivity index (χ0) is 48.3. The van der Waals surface area contributed by atoms with Crippen LogP contribution in [0.4, 0.5) is 26.2 Å². The molecule has 0 bridgehead atoms. The minimum Gasteiger partial charge on any atom is -0.350 e. The molecule has 3 aliphatic heterocycles. The first-order valence-corrected chi connectivity index (χ1v) is 23.7. The lowest BCUT2D eigenvalue weighted by Gasteiger charge is -2.35. The van der Waals surface area contributed by atoms with Gasteiger partial charge in [0.2, 0.25) is 11.8 Å². The van der Waals surface area contributed by atoms with E-state index in [1.54, 1.807) is 38.2 Å². The van der Waals surface area contributed by atoms with Gasteiger partial charge in [-0.25, -0.2) is 23.7 Å². The Bertz CT molecular complexity index is 2710. The second-order valence-electron chi connectivity index (χ2n) is 18.8. The summed E-state index contributed by atoms with van der Waals surface area (Å²) >= 11 is 1.58. The normalized spacial score (nSPS) is 18.1. The maximum atomic E-state index is 14.3. The topological polar surface area (TPSA) is 202 Å². The number of aromatic nitrogens is 5. The van der Waals surface area contributed by atoms with Crippen LogP contribution >= 0.6 is 11.3 Å². The van der Waals surface area contributed by atoms with Gasteiger partial charge in [0.05, 0.1) is 40.3 Å². The molecule has 19 heteroatoms. The van der Waals surface area contributed by atoms with Gasteiger partial charge >= 0.3 is 0 Å². The third-order valence-corrected chi connectivity index (χ3v) is 13.8. The van der Waals surface area contributed by atoms with Crippen LogP contribution in [0.1, 0.15) is 115 Å². The summed E-state index contributed by atoms with van der Waals surface area (Å²) in [6.07, 6.45) is 3.50. The van der Waals surface area contributed by atoms with Crippen molar-refractivity contribution in [3.63, 3.8) is 0 Å². The molecule has 0 aliphatic carbocycles. The summed E-state index contributed by atoms with van der Waals surface area (Å²) < 4.78 is 28.6. The van der Waals surface area contributed by atoms with Crippen LogP contribution in [-0.4, -0.2) is 109 Å². The fourth-order valence-corrected chi connectivity index (χ4v) is 9.80. The first kappa shape index (κ1) is 47.5. The summed E-state index contributed by atoms with van der Waals surface area (Å²) in [7, 11) is 0. The molecule has 16 nitrogen and oxygen atoms in total. The van der Waals surface area contributed by atoms with E-state index < -0.39 is 35.9 Å². The number of pyridine rings is 2. The van der Waals surface area contributed by atoms with Gasteiger partial charge in [0, 0.05) is 38.8 Å². The SMILES string of the molecule is Cc1ncsc1-c1ccc([C@H](C)NC(=O)[C@@H]2CCCN2C(=O)[C@@H](NC(=O)c2ccc(C(=O)N3CCC(c4cc(Nc5cc(C#N)ccn5)nc(N5CCC(F)(F)C5)c4)CC3)nn2)C(C)(C)C)cc1. The molecule has 0 spiro atoms. The number of benzene rings is 1. The van der Waals surface area contributed by atoms with Crippen molar-refractivity contribution in [3.05, 3.63) is 106 Å². The molecular formula is C49H54F2N12O4S. The molecule has 8 rings (SSSR count). The Morgan fingerprint density at radius 1 is 0.897 bits per heavy atom. The lowest BCUT2D eigenvalue weighted by molar-refractivity contribution is -0.142. The number of hydrogen-bond acceptors (Lipinski definition) is 13. The Kier molecular flexibility index (Phi) is 13.8. The number of anilines is 3. The van der Waals surface area contributed by atoms with E-state index in [-0.39, 0.29) is 54.0 Å². The van der Waals surface area contributed by atoms with Gasteiger partial charge in [-0.05, 0) is 104 Å². The Hall–Kier alpha value is -6.94. The van der Waals surface area contributed by atoms with Crippen molar-refractivity contribution in [1.29, 1.82) is 5.26 Å². The fraction of sp³-hybridized carbons (Fsp3) is 0.429. The molecule has 354 valence electrons. The Morgan fingerprint density at radius 2 is 1.63 bits per heavy atom. The van der Waals surface area contributed by atoms with Crippen LogP contribution in [0.15, 0.2) is 72.4 Å². The molecule has 0 saturated carbocycles. The Balaban J connectivity index is 0.879. The first-order chi connectivity index (χ1) is 32.5. The van der Waals surface area contributed by atoms with Crippen LogP contribution in [0.25, 0.3) is 10.4 Å². The summed E-state index contributed by atoms with van der Waals surface area (Å²) in [5.74, 6) is -3.29. The molecule has 3 N–H and O–H groups in total. The van der Waals surface area contributed by atoms with E-state index in [0.29, 0.717) is 68.3 Å². The minimum absolute atomic E-state index is 0.0186. The zero-order valence-corrected chi connectivity index (χ0v) is 39.4. The Morgan fingerprint density at radius 3 is 2.28 bits per heavy atom. The summed E-state index contributed by atoms with van der Waals surface area (Å²) in [4.78, 5) is 74.4. The van der Waals surface area contributed by atoms with Crippen molar-refractivity contribution in [2.45, 2.75) is 96.7 Å². The van der Waals surface area contributed by atoms with E-state index in [1.807, 2.05) is 76.5 Å². The van der Waals surface area contributed by atoms with Crippen molar-refractivity contribution < 1.29 is 28.0 Å². The molecule has 0 unspecified atom stereocenters. The number of likely N-dealkylation sites (tertiary alicyclic amines) is 2. The van der Waals surface area contributed by atoms with E-state index in [9.17, 15) is 33.2 Å². The average molecular weight is 945 g/mol. The standard InChI is InChI=1S/C49H54F2N12O4S/c1-29(32-8-10-34(11-9-32)42-30(2)54-28-68-42)55-45(65)38-7-6-19-63(38)47(67)43(48(3,4)5)58-44(64)36-12-13-37(60-59-36)46(66)61-20-15-33(16-21-61)35-24-40(56-39-23-31(26-52)14-18-53-39)57-41(25-35)62-22-17-49(50,51)27-62/h8-14,18,23-25,28-29,33,38,43H,6-7,15-17,19-22,27H2,1-5H3,(H,55,65)(H,58,64)(H,53,56,57)/t29-,38-,43+/m0/s1. The number of nitrogens with one attached hydrogen (secondary N) is 3. The first-order valence-electron chi connectivity index (χ1n) is 22.8. The second-order valence-corrected chi connectivity index (χ2v) is 19.6. The molecule has 7 heterocycles. The monoisotopic (exact) mass is 944 g/mol. The maximum absolute atomic E-state index is 14.3. The molecule has 3 aliphatic rings. The highest BCUT2D eigenvalue weighted by molar-refractivity contribution is 7.13. The summed E-state index contributed by atoms with van der Waals surface area (Å²) in [5, 5.41) is 26.6. The highest BCUT2D eigenvalue weighted by Gasteiger charge is 2.43. The molecule has 3 saturated heterocycles. The van der Waals surface area contributed by atoms with Crippen molar-refractivity contribution >= 4 is 52.4 Å². The van der Waals surface area contributed by atoms with Gasteiger partial charge < -0.3 is 30.7 Å². The second kappa shape index (κ2) is 19.7. The number of nitrogens with zero attached hydrogens (tertiary/aromatic N) is 9. The smallest absolute Gasteiger partial charge is 0.274 e. The number of thiazole rings is 1. The van der Waals surface area contributed by atoms with Gasteiger partial charge in [-0.1, -0.05) is 45.0 Å². The lowest BCUT2D eigenvalue weighted by Crippen LogP contribution is -2.57. The molecule has 3 fully saturated rings. The number of hydrogen-bond donors (Lipinski definition) is 3. The van der Waals surface area contributed by atoms with Crippen LogP contribution < -0.4 is 20.9 Å². The minimum atomic E-state index is -2.83. The number of piperidine rings is 1. The van der Waals surface area contributed by atoms with Gasteiger partial charge in [-0.3, -0.25) is 19.2 Å². The summed E-state index contributed by atoms with van der Waals surface area (Å²) in [5.41, 5.74) is 5.27. The van der Waals surface area contributed by atoms with Crippen molar-refractivity contribution in [2.24, 2.45) is 5.41 Å². The van der Waals surface area contributed by atoms with E-state index in [1.165, 1.54) is 18.3 Å². The van der Waals surface area contributed by atoms with Gasteiger partial charge in [-0.15, -0.1) is 21.5 Å². The van der Waals surface area contributed by atoms with Gasteiger partial charge in [-0.2, -0.15) is 5.26 Å². The van der Waals surface area contributed by atoms with Gasteiger partial charge in [0.15, 0.2) is 11.4 Å². The molecule has 68 heavy (non-hydrogen) atoms. The van der Waals surface area contributed by atoms with Crippen LogP contribution in [0, 0.1) is 23.7 Å². The number of rotatable bonds is 12. The van der Waals surface area contributed by atoms with Crippen LogP contribution in [0.3, 0.4) is 0 Å². The van der Waals surface area contributed by atoms with Gasteiger partial charge in [0.1, 0.15) is 29.5 Å². The third-order valence-electron chi connectivity index (χ3n) is 12.8. The predicted octanol–water partition coefficient (Wildman–Crippen LogP) is 7.19. The number of carbonyl (C=O) groups excluding carboxylic acids is 4. The number of nitriles is 1. The average Bonchev–Trinajstić information content (AvgIpc) is 4.10. The summed E-state index contributed by atoms with van der Waals surface area (Å²) in [6.45, 7) is 10.2. The maximum Gasteiger partial charge on any atom is 0.274 e. The highest BCUT2D eigenvalue weighted by Crippen LogP contribution is 2.36. The lowest BCUT2D eigenvalue weighted by atomic mass is 9.85. The molecule has 3 atom stereocenters. The molecule has 5 aromatic rings. The molecule has 1 aromatic carbocycles. The van der Waals surface area contributed by atoms with Crippen LogP contribution in [-0.2, 0) is 9.59 Å². The molecule has 4 amide bonds. The van der Waals surface area contributed by atoms with E-state index in [2.05, 4.69) is 47.2 Å². The molecule has 0 radical (unpaired) electrons. The predicted molar refractivity (Wildman–Crippen MR) is 252 cm³/mol. The van der Waals surface area contributed by atoms with Crippen molar-refractivity contribution in [3.8, 4) is 16.5 Å². The van der Waals surface area contributed by atoms with E-state index in [4.69, 9.17) is 0 Å². The quantitative estimate of drug-likeness (QED) is 0.114. The molecular weight excluding hydrogens is 891 g/mol. The number of aryl methyl sites for hydroxylation is 1. The van der Waals surface area contributed by atoms with Crippen LogP contribution in [0.2, 0.25) is 0 Å². The number of alkyl halides is 2. The largest absolute Gasteiger partial charge is 0.350 e. The van der Waals surface area contributed by atoms with E-state index >= 15 is 0 Å². The van der Waals surface area contributed by atoms with Crippen LogP contribution in [0.5, 0.6) is 0 Å². The van der Waals surface area contributed by atoms with E-state index in [0.717, 1.165) is 27.3 Å². The van der Waals surface area contributed by atoms with Crippen molar-refractivity contribution in [2.75, 3.05) is 42.9 Å². The number of amides is 4. The molecule has 4 aromatic heterocycles. The number of halogens is 2. The summed E-state index contributed by atoms with van der Waals surface area (Å²) in [6, 6.07) is 17.7. The van der Waals surface area contributed by atoms with Gasteiger partial charge in [0.25, 0.3) is 17.7 Å².